The van der Waals surface area contributed by atoms with Crippen LogP contribution in [0.1, 0.15) is 17.6 Å². The highest BCUT2D eigenvalue weighted by Gasteiger charge is 2.16. The first kappa shape index (κ1) is 14.6. The third-order valence-corrected chi connectivity index (χ3v) is 3.43. The number of hydrogen-bond donors (Lipinski definition) is 1. The first-order chi connectivity index (χ1) is 9.49. The van der Waals surface area contributed by atoms with E-state index in [1.165, 1.54) is 6.07 Å². The number of benzene rings is 2. The van der Waals surface area contributed by atoms with E-state index in [1.54, 1.807) is 30.1 Å². The van der Waals surface area contributed by atoms with Crippen molar-refractivity contribution in [1.29, 1.82) is 0 Å². The molecule has 2 aromatic carbocycles. The van der Waals surface area contributed by atoms with Gasteiger partial charge in [0.15, 0.2) is 0 Å². The quantitative estimate of drug-likeness (QED) is 0.842. The lowest BCUT2D eigenvalue weighted by Crippen LogP contribution is -2.18. The maximum Gasteiger partial charge on any atom is 0.265 e. The molecule has 0 heterocycles. The molecule has 2 nitrogen and oxygen atoms in total. The fourth-order valence-corrected chi connectivity index (χ4v) is 2.26. The van der Waals surface area contributed by atoms with Crippen molar-refractivity contribution in [2.75, 3.05) is 17.7 Å². The minimum atomic E-state index is -2.57. The summed E-state index contributed by atoms with van der Waals surface area (Å²) in [6.07, 6.45) is -2.57. The lowest BCUT2D eigenvalue weighted by molar-refractivity contribution is 0.152. The molecule has 0 amide bonds. The highest BCUT2D eigenvalue weighted by atomic mass is 35.5. The van der Waals surface area contributed by atoms with Gasteiger partial charge in [0.2, 0.25) is 0 Å². The van der Waals surface area contributed by atoms with Gasteiger partial charge in [-0.15, -0.1) is 0 Å². The van der Waals surface area contributed by atoms with Crippen molar-refractivity contribution < 1.29 is 8.78 Å². The van der Waals surface area contributed by atoms with Crippen molar-refractivity contribution in [1.82, 2.24) is 0 Å². The topological polar surface area (TPSA) is 29.3 Å². The number of rotatable bonds is 4. The number of hydrogen-bond acceptors (Lipinski definition) is 2. The highest BCUT2D eigenvalue weighted by Crippen LogP contribution is 2.32. The van der Waals surface area contributed by atoms with Gasteiger partial charge in [0, 0.05) is 35.6 Å². The van der Waals surface area contributed by atoms with Gasteiger partial charge in [0.25, 0.3) is 6.43 Å². The summed E-state index contributed by atoms with van der Waals surface area (Å²) in [6, 6.07) is 11.9. The molecule has 2 aromatic rings. The average Bonchev–Trinajstić information content (AvgIpc) is 2.41. The third kappa shape index (κ3) is 3.20. The lowest BCUT2D eigenvalue weighted by atomic mass is 10.1. The second-order valence-corrected chi connectivity index (χ2v) is 4.97. The zero-order valence-electron chi connectivity index (χ0n) is 11.0. The Morgan fingerprint density at radius 3 is 2.55 bits per heavy atom. The van der Waals surface area contributed by atoms with E-state index in [0.717, 1.165) is 5.56 Å². The molecule has 0 saturated carbocycles. The molecule has 5 heteroatoms. The largest absolute Gasteiger partial charge is 0.399 e. The fourth-order valence-electron chi connectivity index (χ4n) is 2.06. The van der Waals surface area contributed by atoms with Crippen molar-refractivity contribution in [3.05, 3.63) is 58.6 Å². The van der Waals surface area contributed by atoms with E-state index >= 15 is 0 Å². The van der Waals surface area contributed by atoms with Gasteiger partial charge in [-0.25, -0.2) is 8.78 Å². The standard InChI is InChI=1S/C15H15ClF2N2/c1-20(9-10-4-2-3-5-13(10)16)14-7-6-11(19)8-12(14)15(17)18/h2-8,15H,9,19H2,1H3. The van der Waals surface area contributed by atoms with E-state index in [4.69, 9.17) is 17.3 Å². The Hall–Kier alpha value is -1.81. The van der Waals surface area contributed by atoms with Gasteiger partial charge in [0.1, 0.15) is 0 Å². The number of nitrogens with zero attached hydrogens (tertiary/aromatic N) is 1. The van der Waals surface area contributed by atoms with Crippen molar-refractivity contribution >= 4 is 23.0 Å². The van der Waals surface area contributed by atoms with Crippen LogP contribution in [0.25, 0.3) is 0 Å². The summed E-state index contributed by atoms with van der Waals surface area (Å²) in [5.74, 6) is 0. The molecule has 0 spiro atoms. The molecule has 2 rings (SSSR count). The van der Waals surface area contributed by atoms with E-state index in [1.807, 2.05) is 18.2 Å². The van der Waals surface area contributed by atoms with E-state index in [2.05, 4.69) is 0 Å². The molecule has 20 heavy (non-hydrogen) atoms. The fraction of sp³-hybridized carbons (Fsp3) is 0.200. The molecule has 0 atom stereocenters. The number of alkyl halides is 2. The minimum Gasteiger partial charge on any atom is -0.399 e. The number of anilines is 2. The normalized spacial score (nSPS) is 10.8. The van der Waals surface area contributed by atoms with Crippen LogP contribution in [-0.4, -0.2) is 7.05 Å². The Bertz CT molecular complexity index is 602. The van der Waals surface area contributed by atoms with Crippen LogP contribution in [0.3, 0.4) is 0 Å². The van der Waals surface area contributed by atoms with Crippen LogP contribution in [0.5, 0.6) is 0 Å². The summed E-state index contributed by atoms with van der Waals surface area (Å²) in [5, 5.41) is 0.619. The SMILES string of the molecule is CN(Cc1ccccc1Cl)c1ccc(N)cc1C(F)F. The molecule has 0 aliphatic heterocycles. The maximum absolute atomic E-state index is 13.1. The van der Waals surface area contributed by atoms with Crippen LogP contribution in [-0.2, 0) is 6.54 Å². The molecule has 0 bridgehead atoms. The number of halogens is 3. The summed E-state index contributed by atoms with van der Waals surface area (Å²) < 4.78 is 26.2. The smallest absolute Gasteiger partial charge is 0.265 e. The second-order valence-electron chi connectivity index (χ2n) is 4.57. The Morgan fingerprint density at radius 2 is 1.90 bits per heavy atom. The monoisotopic (exact) mass is 296 g/mol. The molecule has 0 fully saturated rings. The second kappa shape index (κ2) is 6.09. The number of nitrogen functional groups attached to an aromatic ring is 1. The number of nitrogens with two attached hydrogens (primary N) is 1. The van der Waals surface area contributed by atoms with Gasteiger partial charge in [0.05, 0.1) is 0 Å². The van der Waals surface area contributed by atoms with E-state index in [-0.39, 0.29) is 5.56 Å². The maximum atomic E-state index is 13.1. The third-order valence-electron chi connectivity index (χ3n) is 3.06. The molecule has 106 valence electrons. The first-order valence-corrected chi connectivity index (χ1v) is 6.49. The Balaban J connectivity index is 2.30. The van der Waals surface area contributed by atoms with Gasteiger partial charge in [-0.05, 0) is 29.8 Å². The predicted molar refractivity (Wildman–Crippen MR) is 79.4 cm³/mol. The summed E-state index contributed by atoms with van der Waals surface area (Å²) >= 11 is 6.09. The van der Waals surface area contributed by atoms with Crippen LogP contribution in [0.4, 0.5) is 20.2 Å². The molecular formula is C15H15ClF2N2. The summed E-state index contributed by atoms with van der Waals surface area (Å²) in [4.78, 5) is 1.74. The van der Waals surface area contributed by atoms with Gasteiger partial charge < -0.3 is 10.6 Å². The van der Waals surface area contributed by atoms with Crippen LogP contribution >= 0.6 is 11.6 Å². The zero-order valence-corrected chi connectivity index (χ0v) is 11.7. The minimum absolute atomic E-state index is 0.0699. The molecule has 0 saturated heterocycles. The molecule has 2 N–H and O–H groups in total. The highest BCUT2D eigenvalue weighted by molar-refractivity contribution is 6.31. The van der Waals surface area contributed by atoms with Gasteiger partial charge >= 0.3 is 0 Å². The van der Waals surface area contributed by atoms with E-state index in [9.17, 15) is 8.78 Å². The van der Waals surface area contributed by atoms with Crippen molar-refractivity contribution in [3.8, 4) is 0 Å². The zero-order chi connectivity index (χ0) is 14.7. The van der Waals surface area contributed by atoms with Crippen LogP contribution in [0.2, 0.25) is 5.02 Å². The Kier molecular flexibility index (Phi) is 4.45. The van der Waals surface area contributed by atoms with Gasteiger partial charge in [-0.1, -0.05) is 29.8 Å². The molecular weight excluding hydrogens is 282 g/mol. The van der Waals surface area contributed by atoms with Gasteiger partial charge in [-0.2, -0.15) is 0 Å². The van der Waals surface area contributed by atoms with Crippen molar-refractivity contribution in [3.63, 3.8) is 0 Å². The molecule has 0 aliphatic carbocycles. The summed E-state index contributed by atoms with van der Waals surface area (Å²) in [5.41, 5.74) is 7.16. The Labute approximate surface area is 121 Å². The van der Waals surface area contributed by atoms with E-state index < -0.39 is 6.43 Å². The molecule has 0 aliphatic rings. The predicted octanol–water partition coefficient (Wildman–Crippen LogP) is 4.50. The van der Waals surface area contributed by atoms with Crippen LogP contribution < -0.4 is 10.6 Å². The van der Waals surface area contributed by atoms with Crippen LogP contribution in [0, 0.1) is 0 Å². The van der Waals surface area contributed by atoms with Crippen molar-refractivity contribution in [2.24, 2.45) is 0 Å². The summed E-state index contributed by atoms with van der Waals surface area (Å²) in [7, 11) is 1.75. The molecule has 0 unspecified atom stereocenters. The van der Waals surface area contributed by atoms with Gasteiger partial charge in [-0.3, -0.25) is 0 Å². The van der Waals surface area contributed by atoms with Crippen molar-refractivity contribution in [2.45, 2.75) is 13.0 Å². The van der Waals surface area contributed by atoms with E-state index in [0.29, 0.717) is 22.9 Å². The van der Waals surface area contributed by atoms with Crippen LogP contribution in [0.15, 0.2) is 42.5 Å². The Morgan fingerprint density at radius 1 is 1.20 bits per heavy atom. The molecule has 0 aromatic heterocycles. The average molecular weight is 297 g/mol. The summed E-state index contributed by atoms with van der Waals surface area (Å²) in [6.45, 7) is 0.448. The first-order valence-electron chi connectivity index (χ1n) is 6.11. The lowest BCUT2D eigenvalue weighted by Gasteiger charge is -2.23. The molecule has 0 radical (unpaired) electrons.